The zero-order chi connectivity index (χ0) is 6.27. The standard InChI is InChI=1S/C6H9BrO2/c7-4-3-9-5-1-2-8-6(4)5/h4-6H,1-3H2. The molecule has 0 aromatic heterocycles. The van der Waals surface area contributed by atoms with Gasteiger partial charge in [-0.3, -0.25) is 0 Å². The Balaban J connectivity index is 2.07. The molecule has 2 aliphatic rings. The van der Waals surface area contributed by atoms with Gasteiger partial charge in [-0.15, -0.1) is 0 Å². The third-order valence-electron chi connectivity index (χ3n) is 1.91. The van der Waals surface area contributed by atoms with Gasteiger partial charge in [0.25, 0.3) is 0 Å². The molecule has 0 aromatic carbocycles. The first-order chi connectivity index (χ1) is 4.38. The van der Waals surface area contributed by atoms with Crippen molar-refractivity contribution in [2.24, 2.45) is 0 Å². The maximum atomic E-state index is 5.42. The number of halogens is 1. The van der Waals surface area contributed by atoms with Gasteiger partial charge in [0.2, 0.25) is 0 Å². The van der Waals surface area contributed by atoms with E-state index in [1.807, 2.05) is 0 Å². The number of hydrogen-bond donors (Lipinski definition) is 0. The van der Waals surface area contributed by atoms with Gasteiger partial charge in [-0.05, 0) is 6.42 Å². The van der Waals surface area contributed by atoms with E-state index in [1.54, 1.807) is 0 Å². The van der Waals surface area contributed by atoms with E-state index < -0.39 is 0 Å². The molecular formula is C6H9BrO2. The predicted molar refractivity (Wildman–Crippen MR) is 36.8 cm³/mol. The molecule has 0 radical (unpaired) electrons. The van der Waals surface area contributed by atoms with Crippen LogP contribution in [0.5, 0.6) is 0 Å². The molecule has 0 amide bonds. The lowest BCUT2D eigenvalue weighted by Crippen LogP contribution is -2.21. The Labute approximate surface area is 62.6 Å². The second-order valence-electron chi connectivity index (χ2n) is 2.51. The predicted octanol–water partition coefficient (Wildman–Crippen LogP) is 0.938. The molecule has 9 heavy (non-hydrogen) atoms. The molecule has 2 saturated heterocycles. The smallest absolute Gasteiger partial charge is 0.0984 e. The molecule has 0 bridgehead atoms. The van der Waals surface area contributed by atoms with E-state index in [9.17, 15) is 0 Å². The van der Waals surface area contributed by atoms with Crippen LogP contribution < -0.4 is 0 Å². The average Bonchev–Trinajstić information content (AvgIpc) is 2.35. The van der Waals surface area contributed by atoms with Crippen molar-refractivity contribution < 1.29 is 9.47 Å². The average molecular weight is 193 g/mol. The normalized spacial score (nSPS) is 49.7. The third-order valence-corrected chi connectivity index (χ3v) is 2.69. The zero-order valence-electron chi connectivity index (χ0n) is 5.05. The van der Waals surface area contributed by atoms with Crippen LogP contribution in [0.2, 0.25) is 0 Å². The second kappa shape index (κ2) is 2.22. The molecule has 3 atom stereocenters. The van der Waals surface area contributed by atoms with Gasteiger partial charge in [-0.25, -0.2) is 0 Å². The highest BCUT2D eigenvalue weighted by molar-refractivity contribution is 9.09. The lowest BCUT2D eigenvalue weighted by Gasteiger charge is -2.07. The van der Waals surface area contributed by atoms with Crippen molar-refractivity contribution in [3.63, 3.8) is 0 Å². The molecule has 3 heteroatoms. The first-order valence-corrected chi connectivity index (χ1v) is 4.17. The van der Waals surface area contributed by atoms with Gasteiger partial charge in [0, 0.05) is 6.61 Å². The van der Waals surface area contributed by atoms with Crippen molar-refractivity contribution in [1.29, 1.82) is 0 Å². The Kier molecular flexibility index (Phi) is 1.51. The van der Waals surface area contributed by atoms with Crippen LogP contribution in [0.3, 0.4) is 0 Å². The molecule has 0 spiro atoms. The molecule has 2 rings (SSSR count). The maximum Gasteiger partial charge on any atom is 0.0984 e. The van der Waals surface area contributed by atoms with E-state index in [1.165, 1.54) is 0 Å². The van der Waals surface area contributed by atoms with Crippen molar-refractivity contribution in [3.8, 4) is 0 Å². The molecule has 0 saturated carbocycles. The largest absolute Gasteiger partial charge is 0.374 e. The Morgan fingerprint density at radius 1 is 1.33 bits per heavy atom. The van der Waals surface area contributed by atoms with Gasteiger partial charge in [0.05, 0.1) is 23.6 Å². The summed E-state index contributed by atoms with van der Waals surface area (Å²) >= 11 is 3.50. The van der Waals surface area contributed by atoms with Crippen LogP contribution in [0.15, 0.2) is 0 Å². The molecule has 0 aliphatic carbocycles. The summed E-state index contributed by atoms with van der Waals surface area (Å²) in [5.74, 6) is 0. The summed E-state index contributed by atoms with van der Waals surface area (Å²) in [6.07, 6.45) is 1.80. The summed E-state index contributed by atoms with van der Waals surface area (Å²) in [6, 6.07) is 0. The number of fused-ring (bicyclic) bond motifs is 1. The van der Waals surface area contributed by atoms with Gasteiger partial charge in [0.15, 0.2) is 0 Å². The topological polar surface area (TPSA) is 18.5 Å². The molecule has 52 valence electrons. The Bertz CT molecular complexity index is 118. The first-order valence-electron chi connectivity index (χ1n) is 3.25. The van der Waals surface area contributed by atoms with Gasteiger partial charge in [-0.2, -0.15) is 0 Å². The van der Waals surface area contributed by atoms with Crippen LogP contribution in [-0.2, 0) is 9.47 Å². The van der Waals surface area contributed by atoms with Crippen LogP contribution in [0, 0.1) is 0 Å². The number of ether oxygens (including phenoxy) is 2. The number of hydrogen-bond acceptors (Lipinski definition) is 2. The van der Waals surface area contributed by atoms with E-state index in [-0.39, 0.29) is 0 Å². The monoisotopic (exact) mass is 192 g/mol. The number of rotatable bonds is 0. The molecule has 2 fully saturated rings. The van der Waals surface area contributed by atoms with E-state index in [0.717, 1.165) is 19.6 Å². The van der Waals surface area contributed by atoms with Crippen molar-refractivity contribution in [1.82, 2.24) is 0 Å². The van der Waals surface area contributed by atoms with Crippen LogP contribution in [-0.4, -0.2) is 30.2 Å². The quantitative estimate of drug-likeness (QED) is 0.533. The molecule has 2 heterocycles. The molecule has 3 unspecified atom stereocenters. The van der Waals surface area contributed by atoms with E-state index in [2.05, 4.69) is 15.9 Å². The summed E-state index contributed by atoms with van der Waals surface area (Å²) in [7, 11) is 0. The molecule has 2 aliphatic heterocycles. The lowest BCUT2D eigenvalue weighted by molar-refractivity contribution is 0.0740. The molecular weight excluding hydrogens is 184 g/mol. The summed E-state index contributed by atoms with van der Waals surface area (Å²) in [5.41, 5.74) is 0. The fourth-order valence-electron chi connectivity index (χ4n) is 1.42. The van der Waals surface area contributed by atoms with Crippen molar-refractivity contribution >= 4 is 15.9 Å². The van der Waals surface area contributed by atoms with Crippen LogP contribution >= 0.6 is 15.9 Å². The third kappa shape index (κ3) is 0.914. The van der Waals surface area contributed by atoms with Crippen LogP contribution in [0.1, 0.15) is 6.42 Å². The zero-order valence-corrected chi connectivity index (χ0v) is 6.63. The van der Waals surface area contributed by atoms with Crippen molar-refractivity contribution in [2.75, 3.05) is 13.2 Å². The summed E-state index contributed by atoms with van der Waals surface area (Å²) in [4.78, 5) is 0.435. The fraction of sp³-hybridized carbons (Fsp3) is 1.00. The SMILES string of the molecule is BrC1COC2CCOC12. The fourth-order valence-corrected chi connectivity index (χ4v) is 2.06. The molecule has 0 aromatic rings. The van der Waals surface area contributed by atoms with Gasteiger partial charge in [0.1, 0.15) is 0 Å². The first kappa shape index (κ1) is 6.13. The summed E-state index contributed by atoms with van der Waals surface area (Å²) in [6.45, 7) is 1.69. The van der Waals surface area contributed by atoms with Crippen LogP contribution in [0.4, 0.5) is 0 Å². The molecule has 2 nitrogen and oxygen atoms in total. The van der Waals surface area contributed by atoms with E-state index in [4.69, 9.17) is 9.47 Å². The Morgan fingerprint density at radius 2 is 2.22 bits per heavy atom. The number of alkyl halides is 1. The van der Waals surface area contributed by atoms with Crippen molar-refractivity contribution in [2.45, 2.75) is 23.5 Å². The van der Waals surface area contributed by atoms with Gasteiger partial charge in [-0.1, -0.05) is 15.9 Å². The highest BCUT2D eigenvalue weighted by Crippen LogP contribution is 2.30. The van der Waals surface area contributed by atoms with Gasteiger partial charge < -0.3 is 9.47 Å². The van der Waals surface area contributed by atoms with Crippen molar-refractivity contribution in [3.05, 3.63) is 0 Å². The summed E-state index contributed by atoms with van der Waals surface area (Å²) < 4.78 is 10.8. The van der Waals surface area contributed by atoms with Crippen LogP contribution in [0.25, 0.3) is 0 Å². The lowest BCUT2D eigenvalue weighted by atomic mass is 10.2. The minimum Gasteiger partial charge on any atom is -0.374 e. The highest BCUT2D eigenvalue weighted by atomic mass is 79.9. The minimum atomic E-state index is 0.338. The minimum absolute atomic E-state index is 0.338. The highest BCUT2D eigenvalue weighted by Gasteiger charge is 2.40. The van der Waals surface area contributed by atoms with Gasteiger partial charge >= 0.3 is 0 Å². The Morgan fingerprint density at radius 3 is 3.00 bits per heavy atom. The summed E-state index contributed by atoms with van der Waals surface area (Å²) in [5, 5.41) is 0. The van der Waals surface area contributed by atoms with E-state index in [0.29, 0.717) is 17.0 Å². The second-order valence-corrected chi connectivity index (χ2v) is 3.69. The van der Waals surface area contributed by atoms with E-state index >= 15 is 0 Å². The molecule has 0 N–H and O–H groups in total. The maximum absolute atomic E-state index is 5.42. The Hall–Kier alpha value is 0.400.